The Morgan fingerprint density at radius 3 is 2.94 bits per heavy atom. The van der Waals surface area contributed by atoms with E-state index in [9.17, 15) is 0 Å². The topological polar surface area (TPSA) is 21.3 Å². The Morgan fingerprint density at radius 2 is 2.22 bits per heavy atom. The van der Waals surface area contributed by atoms with Gasteiger partial charge >= 0.3 is 0 Å². The normalized spacial score (nSPS) is 16.6. The van der Waals surface area contributed by atoms with E-state index < -0.39 is 0 Å². The Labute approximate surface area is 115 Å². The van der Waals surface area contributed by atoms with Gasteiger partial charge in [-0.2, -0.15) is 0 Å². The van der Waals surface area contributed by atoms with Crippen molar-refractivity contribution in [3.05, 3.63) is 28.8 Å². The van der Waals surface area contributed by atoms with E-state index in [1.807, 2.05) is 25.1 Å². The van der Waals surface area contributed by atoms with E-state index >= 15 is 0 Å². The molecule has 2 nitrogen and oxygen atoms in total. The van der Waals surface area contributed by atoms with Crippen LogP contribution in [0.15, 0.2) is 18.2 Å². The van der Waals surface area contributed by atoms with Crippen LogP contribution >= 0.6 is 11.6 Å². The first-order chi connectivity index (χ1) is 8.65. The first kappa shape index (κ1) is 13.7. The van der Waals surface area contributed by atoms with Gasteiger partial charge in [-0.1, -0.05) is 17.7 Å². The van der Waals surface area contributed by atoms with Gasteiger partial charge in [0.15, 0.2) is 0 Å². The van der Waals surface area contributed by atoms with Crippen molar-refractivity contribution < 1.29 is 4.74 Å². The van der Waals surface area contributed by atoms with Crippen molar-refractivity contribution in [2.24, 2.45) is 0 Å². The standard InChI is InChI=1S/C15H22ClNO/c1-11-5-8-14(16)15(10-11)18-12(2)4-3-9-17-13-6-7-13/h5,8,10,12-13,17H,3-4,6-7,9H2,1-2H3. The van der Waals surface area contributed by atoms with E-state index in [4.69, 9.17) is 16.3 Å². The van der Waals surface area contributed by atoms with Crippen LogP contribution in [0, 0.1) is 6.92 Å². The first-order valence-electron chi connectivity index (χ1n) is 6.81. The van der Waals surface area contributed by atoms with Gasteiger partial charge in [0.2, 0.25) is 0 Å². The van der Waals surface area contributed by atoms with E-state index in [2.05, 4.69) is 12.2 Å². The molecule has 0 bridgehead atoms. The number of rotatable bonds is 7. The summed E-state index contributed by atoms with van der Waals surface area (Å²) >= 11 is 6.11. The highest BCUT2D eigenvalue weighted by molar-refractivity contribution is 6.32. The number of hydrogen-bond acceptors (Lipinski definition) is 2. The summed E-state index contributed by atoms with van der Waals surface area (Å²) in [4.78, 5) is 0. The minimum atomic E-state index is 0.213. The second-order valence-corrected chi connectivity index (χ2v) is 5.64. The molecule has 1 aromatic carbocycles. The van der Waals surface area contributed by atoms with Gasteiger partial charge in [-0.3, -0.25) is 0 Å². The van der Waals surface area contributed by atoms with Crippen molar-refractivity contribution in [1.82, 2.24) is 5.32 Å². The zero-order valence-electron chi connectivity index (χ0n) is 11.2. The highest BCUT2D eigenvalue weighted by atomic mass is 35.5. The summed E-state index contributed by atoms with van der Waals surface area (Å²) in [5, 5.41) is 4.21. The van der Waals surface area contributed by atoms with Crippen LogP contribution in [-0.2, 0) is 0 Å². The van der Waals surface area contributed by atoms with Crippen LogP contribution in [0.25, 0.3) is 0 Å². The molecule has 0 amide bonds. The van der Waals surface area contributed by atoms with Crippen molar-refractivity contribution in [3.8, 4) is 5.75 Å². The Kier molecular flexibility index (Phi) is 4.90. The van der Waals surface area contributed by atoms with Crippen LogP contribution in [-0.4, -0.2) is 18.7 Å². The molecule has 1 unspecified atom stereocenters. The molecule has 100 valence electrons. The third kappa shape index (κ3) is 4.51. The van der Waals surface area contributed by atoms with Crippen LogP contribution in [0.2, 0.25) is 5.02 Å². The molecule has 1 saturated carbocycles. The van der Waals surface area contributed by atoms with Gasteiger partial charge in [-0.05, 0) is 63.8 Å². The van der Waals surface area contributed by atoms with Crippen LogP contribution in [0.5, 0.6) is 5.75 Å². The second kappa shape index (κ2) is 6.44. The number of nitrogens with one attached hydrogen (secondary N) is 1. The molecule has 1 aromatic rings. The average Bonchev–Trinajstić information content (AvgIpc) is 3.13. The molecule has 0 aromatic heterocycles. The average molecular weight is 268 g/mol. The molecule has 0 radical (unpaired) electrons. The first-order valence-corrected chi connectivity index (χ1v) is 7.19. The highest BCUT2D eigenvalue weighted by Gasteiger charge is 2.19. The smallest absolute Gasteiger partial charge is 0.138 e. The quantitative estimate of drug-likeness (QED) is 0.756. The van der Waals surface area contributed by atoms with Crippen LogP contribution < -0.4 is 10.1 Å². The van der Waals surface area contributed by atoms with Crippen LogP contribution in [0.3, 0.4) is 0 Å². The molecular formula is C15H22ClNO. The molecule has 1 fully saturated rings. The molecule has 0 aliphatic heterocycles. The molecule has 2 rings (SSSR count). The van der Waals surface area contributed by atoms with Crippen LogP contribution in [0.1, 0.15) is 38.2 Å². The Morgan fingerprint density at radius 1 is 1.44 bits per heavy atom. The maximum absolute atomic E-state index is 6.11. The number of benzene rings is 1. The Hall–Kier alpha value is -0.730. The van der Waals surface area contributed by atoms with Gasteiger partial charge in [0.05, 0.1) is 11.1 Å². The predicted octanol–water partition coefficient (Wildman–Crippen LogP) is 3.95. The van der Waals surface area contributed by atoms with Crippen molar-refractivity contribution in [3.63, 3.8) is 0 Å². The van der Waals surface area contributed by atoms with Gasteiger partial charge in [-0.15, -0.1) is 0 Å². The van der Waals surface area contributed by atoms with Crippen LogP contribution in [0.4, 0.5) is 0 Å². The Bertz CT molecular complexity index is 390. The lowest BCUT2D eigenvalue weighted by atomic mass is 10.2. The van der Waals surface area contributed by atoms with E-state index in [1.54, 1.807) is 0 Å². The van der Waals surface area contributed by atoms with Gasteiger partial charge in [0.25, 0.3) is 0 Å². The van der Waals surface area contributed by atoms with E-state index in [0.717, 1.165) is 31.2 Å². The number of ether oxygens (including phenoxy) is 1. The van der Waals surface area contributed by atoms with Gasteiger partial charge in [-0.25, -0.2) is 0 Å². The number of halogens is 1. The summed E-state index contributed by atoms with van der Waals surface area (Å²) in [5.74, 6) is 0.805. The molecule has 1 aliphatic rings. The zero-order chi connectivity index (χ0) is 13.0. The van der Waals surface area contributed by atoms with Crippen molar-refractivity contribution in [2.45, 2.75) is 51.7 Å². The monoisotopic (exact) mass is 267 g/mol. The fourth-order valence-electron chi connectivity index (χ4n) is 1.96. The molecule has 18 heavy (non-hydrogen) atoms. The molecular weight excluding hydrogens is 246 g/mol. The summed E-state index contributed by atoms with van der Waals surface area (Å²) < 4.78 is 5.89. The van der Waals surface area contributed by atoms with E-state index in [1.165, 1.54) is 18.4 Å². The summed E-state index contributed by atoms with van der Waals surface area (Å²) in [6, 6.07) is 6.70. The number of aryl methyl sites for hydroxylation is 1. The highest BCUT2D eigenvalue weighted by Crippen LogP contribution is 2.26. The molecule has 1 N–H and O–H groups in total. The van der Waals surface area contributed by atoms with E-state index in [-0.39, 0.29) is 6.10 Å². The molecule has 1 atom stereocenters. The fourth-order valence-corrected chi connectivity index (χ4v) is 2.12. The maximum Gasteiger partial charge on any atom is 0.138 e. The zero-order valence-corrected chi connectivity index (χ0v) is 12.0. The summed E-state index contributed by atoms with van der Waals surface area (Å²) in [6.07, 6.45) is 5.13. The minimum Gasteiger partial charge on any atom is -0.489 e. The molecule has 0 spiro atoms. The third-order valence-electron chi connectivity index (χ3n) is 3.21. The van der Waals surface area contributed by atoms with Crippen molar-refractivity contribution >= 4 is 11.6 Å². The second-order valence-electron chi connectivity index (χ2n) is 5.23. The lowest BCUT2D eigenvalue weighted by Gasteiger charge is -2.16. The SMILES string of the molecule is Cc1ccc(Cl)c(OC(C)CCCNC2CC2)c1. The summed E-state index contributed by atoms with van der Waals surface area (Å²) in [6.45, 7) is 5.25. The summed E-state index contributed by atoms with van der Waals surface area (Å²) in [7, 11) is 0. The fraction of sp³-hybridized carbons (Fsp3) is 0.600. The Balaban J connectivity index is 1.71. The van der Waals surface area contributed by atoms with Gasteiger partial charge in [0.1, 0.15) is 5.75 Å². The van der Waals surface area contributed by atoms with Gasteiger partial charge < -0.3 is 10.1 Å². The minimum absolute atomic E-state index is 0.213. The lowest BCUT2D eigenvalue weighted by Crippen LogP contribution is -2.20. The maximum atomic E-state index is 6.11. The van der Waals surface area contributed by atoms with E-state index in [0.29, 0.717) is 5.02 Å². The molecule has 0 saturated heterocycles. The third-order valence-corrected chi connectivity index (χ3v) is 3.52. The summed E-state index contributed by atoms with van der Waals surface area (Å²) in [5.41, 5.74) is 1.18. The largest absolute Gasteiger partial charge is 0.489 e. The van der Waals surface area contributed by atoms with Gasteiger partial charge in [0, 0.05) is 6.04 Å². The van der Waals surface area contributed by atoms with Crippen molar-refractivity contribution in [2.75, 3.05) is 6.54 Å². The number of hydrogen-bond donors (Lipinski definition) is 1. The lowest BCUT2D eigenvalue weighted by molar-refractivity contribution is 0.207. The predicted molar refractivity (Wildman–Crippen MR) is 76.5 cm³/mol. The molecule has 0 heterocycles. The van der Waals surface area contributed by atoms with Crippen molar-refractivity contribution in [1.29, 1.82) is 0 Å². The molecule has 1 aliphatic carbocycles. The molecule has 3 heteroatoms.